The van der Waals surface area contributed by atoms with Gasteiger partial charge in [-0.15, -0.1) is 0 Å². The average Bonchev–Trinajstić information content (AvgIpc) is 3.49. The van der Waals surface area contributed by atoms with Crippen molar-refractivity contribution < 1.29 is 48.1 Å². The number of nitrogens with one attached hydrogen (secondary N) is 5. The fourth-order valence-electron chi connectivity index (χ4n) is 5.83. The quantitative estimate of drug-likeness (QED) is 0.0731. The predicted molar refractivity (Wildman–Crippen MR) is 196 cm³/mol. The zero-order chi connectivity index (χ0) is 38.9. The topological polar surface area (TPSA) is 218 Å². The van der Waals surface area contributed by atoms with Crippen LogP contribution in [-0.4, -0.2) is 91.7 Å². The fourth-order valence-corrected chi connectivity index (χ4v) is 5.83. The highest BCUT2D eigenvalue weighted by atomic mass is 16.5. The zero-order valence-electron chi connectivity index (χ0n) is 29.5. The van der Waals surface area contributed by atoms with Crippen molar-refractivity contribution >= 4 is 41.7 Å². The minimum absolute atomic E-state index is 0.00999. The number of hydrogen-bond donors (Lipinski definition) is 6. The summed E-state index contributed by atoms with van der Waals surface area (Å²) in [6.07, 6.45) is 0.318. The number of carbonyl (C=O) groups is 7. The molecule has 0 saturated heterocycles. The minimum atomic E-state index is -1.22. The van der Waals surface area contributed by atoms with Crippen LogP contribution < -0.4 is 26.6 Å². The maximum absolute atomic E-state index is 13.1. The van der Waals surface area contributed by atoms with Crippen molar-refractivity contribution in [3.63, 3.8) is 0 Å². The monoisotopic (exact) mass is 741 g/mol. The van der Waals surface area contributed by atoms with Gasteiger partial charge in [-0.1, -0.05) is 91.5 Å². The molecule has 3 aromatic carbocycles. The van der Waals surface area contributed by atoms with Gasteiger partial charge in [-0.2, -0.15) is 0 Å². The highest BCUT2D eigenvalue weighted by Gasteiger charge is 2.30. The second-order valence-electron chi connectivity index (χ2n) is 12.3. The molecule has 2 atom stereocenters. The molecule has 6 N–H and O–H groups in total. The van der Waals surface area contributed by atoms with Crippen LogP contribution in [0, 0.1) is 0 Å². The highest BCUT2D eigenvalue weighted by molar-refractivity contribution is 5.93. The highest BCUT2D eigenvalue weighted by Crippen LogP contribution is 2.44. The van der Waals surface area contributed by atoms with E-state index in [9.17, 15) is 33.6 Å². The number of alkyl carbamates (subject to hydrolysis) is 1. The smallest absolute Gasteiger partial charge is 0.407 e. The molecule has 1 aliphatic carbocycles. The van der Waals surface area contributed by atoms with Gasteiger partial charge in [0.15, 0.2) is 0 Å². The van der Waals surface area contributed by atoms with E-state index in [1.165, 1.54) is 6.08 Å². The molecule has 54 heavy (non-hydrogen) atoms. The number of fused-ring (bicyclic) bond motifs is 3. The molecule has 15 heteroatoms. The Labute approximate surface area is 311 Å². The Kier molecular flexibility index (Phi) is 15.3. The Hall–Kier alpha value is -6.51. The maximum Gasteiger partial charge on any atom is 0.407 e. The van der Waals surface area contributed by atoms with Crippen LogP contribution in [0.3, 0.4) is 0 Å². The van der Waals surface area contributed by atoms with Gasteiger partial charge in [-0.3, -0.25) is 28.8 Å². The van der Waals surface area contributed by atoms with E-state index in [0.717, 1.165) is 27.8 Å². The first kappa shape index (κ1) is 40.3. The van der Waals surface area contributed by atoms with Gasteiger partial charge < -0.3 is 41.2 Å². The van der Waals surface area contributed by atoms with Crippen LogP contribution in [0.5, 0.6) is 0 Å². The first-order chi connectivity index (χ1) is 26.0. The molecule has 0 radical (unpaired) electrons. The van der Waals surface area contributed by atoms with E-state index >= 15 is 0 Å². The van der Waals surface area contributed by atoms with E-state index in [2.05, 4.69) is 33.2 Å². The Balaban J connectivity index is 1.27. The Morgan fingerprint density at radius 2 is 1.30 bits per heavy atom. The summed E-state index contributed by atoms with van der Waals surface area (Å²) in [6.45, 7) is 1.85. The lowest BCUT2D eigenvalue weighted by Gasteiger charge is -2.20. The van der Waals surface area contributed by atoms with Crippen LogP contribution in [-0.2, 0) is 44.7 Å². The molecule has 0 unspecified atom stereocenters. The van der Waals surface area contributed by atoms with Gasteiger partial charge in [-0.05, 0) is 40.7 Å². The van der Waals surface area contributed by atoms with Crippen molar-refractivity contribution in [1.82, 2.24) is 26.6 Å². The first-order valence-electron chi connectivity index (χ1n) is 17.3. The molecule has 284 valence electrons. The minimum Gasteiger partial charge on any atom is -0.481 e. The van der Waals surface area contributed by atoms with Crippen molar-refractivity contribution in [2.45, 2.75) is 43.7 Å². The molecule has 0 fully saturated rings. The first-order valence-corrected chi connectivity index (χ1v) is 17.3. The van der Waals surface area contributed by atoms with Gasteiger partial charge in [0.1, 0.15) is 31.8 Å². The van der Waals surface area contributed by atoms with E-state index in [-0.39, 0.29) is 44.8 Å². The summed E-state index contributed by atoms with van der Waals surface area (Å²) in [6, 6.07) is 22.1. The zero-order valence-corrected chi connectivity index (χ0v) is 29.5. The van der Waals surface area contributed by atoms with Crippen LogP contribution >= 0.6 is 0 Å². The normalized spacial score (nSPS) is 12.4. The predicted octanol–water partition coefficient (Wildman–Crippen LogP) is 1.95. The van der Waals surface area contributed by atoms with E-state index in [4.69, 9.17) is 14.6 Å². The summed E-state index contributed by atoms with van der Waals surface area (Å²) >= 11 is 0. The Morgan fingerprint density at radius 1 is 0.704 bits per heavy atom. The number of carboxylic acid groups (broad SMARTS) is 1. The van der Waals surface area contributed by atoms with Gasteiger partial charge in [-0.25, -0.2) is 4.79 Å². The lowest BCUT2D eigenvalue weighted by atomic mass is 9.98. The number of esters is 1. The SMILES string of the molecule is C=CCOC(=O)CNC(=O)[C@H](Cc1ccccc1)NC(=O)CNC(=O)CNC(=O)[C@H](CCCC(=O)O)NC(=O)OCC1c2ccccc2-c2ccccc21. The summed E-state index contributed by atoms with van der Waals surface area (Å²) in [4.78, 5) is 87.2. The average molecular weight is 742 g/mol. The number of ether oxygens (including phenoxy) is 2. The largest absolute Gasteiger partial charge is 0.481 e. The molecule has 0 aliphatic heterocycles. The van der Waals surface area contributed by atoms with E-state index < -0.39 is 73.4 Å². The molecule has 0 bridgehead atoms. The number of benzene rings is 3. The van der Waals surface area contributed by atoms with Crippen LogP contribution in [0.2, 0.25) is 0 Å². The van der Waals surface area contributed by atoms with Crippen molar-refractivity contribution in [2.24, 2.45) is 0 Å². The molecule has 0 aromatic heterocycles. The van der Waals surface area contributed by atoms with Crippen molar-refractivity contribution in [2.75, 3.05) is 32.8 Å². The fraction of sp³-hybridized carbons (Fsp3) is 0.308. The molecule has 0 spiro atoms. The number of hydrogen-bond acceptors (Lipinski definition) is 9. The van der Waals surface area contributed by atoms with E-state index in [1.807, 2.05) is 48.5 Å². The molecule has 1 aliphatic rings. The van der Waals surface area contributed by atoms with Gasteiger partial charge in [0.25, 0.3) is 0 Å². The number of carbonyl (C=O) groups excluding carboxylic acids is 6. The lowest BCUT2D eigenvalue weighted by molar-refractivity contribution is -0.143. The number of aliphatic carboxylic acids is 1. The molecule has 4 rings (SSSR count). The van der Waals surface area contributed by atoms with Crippen molar-refractivity contribution in [1.29, 1.82) is 0 Å². The summed E-state index contributed by atoms with van der Waals surface area (Å²) in [5.74, 6) is -4.89. The Bertz CT molecular complexity index is 1790. The maximum atomic E-state index is 13.1. The third kappa shape index (κ3) is 12.3. The van der Waals surface area contributed by atoms with Gasteiger partial charge in [0.05, 0.1) is 13.1 Å². The van der Waals surface area contributed by atoms with Crippen LogP contribution in [0.15, 0.2) is 91.5 Å². The second kappa shape index (κ2) is 20.5. The number of amides is 5. The standard InChI is InChI=1S/C39H43N5O10/c1-2-19-53-36(49)23-42-38(51)32(20-25-11-4-3-5-12-25)43-34(46)22-40-33(45)21-41-37(50)31(17-10-18-35(47)48)44-39(52)54-24-30-28-15-8-6-13-26(28)27-14-7-9-16-29(27)30/h2-9,11-16,30-32H,1,10,17-24H2,(H,40,45)(H,41,50)(H,42,51)(H,43,46)(H,44,52)(H,47,48)/t31-,32-/m0/s1. The number of carboxylic acids is 1. The summed E-state index contributed by atoms with van der Waals surface area (Å²) < 4.78 is 10.4. The van der Waals surface area contributed by atoms with Crippen LogP contribution in [0.25, 0.3) is 11.1 Å². The molecular formula is C39H43N5O10. The van der Waals surface area contributed by atoms with Gasteiger partial charge in [0.2, 0.25) is 23.6 Å². The van der Waals surface area contributed by atoms with Crippen molar-refractivity contribution in [3.05, 3.63) is 108 Å². The Morgan fingerprint density at radius 3 is 1.94 bits per heavy atom. The summed E-state index contributed by atoms with van der Waals surface area (Å²) in [7, 11) is 0. The number of rotatable bonds is 20. The molecule has 5 amide bonds. The van der Waals surface area contributed by atoms with E-state index in [1.54, 1.807) is 30.3 Å². The van der Waals surface area contributed by atoms with Crippen molar-refractivity contribution in [3.8, 4) is 11.1 Å². The van der Waals surface area contributed by atoms with Crippen LogP contribution in [0.1, 0.15) is 41.9 Å². The second-order valence-corrected chi connectivity index (χ2v) is 12.3. The van der Waals surface area contributed by atoms with Crippen LogP contribution in [0.4, 0.5) is 4.79 Å². The lowest BCUT2D eigenvalue weighted by Crippen LogP contribution is -2.52. The third-order valence-corrected chi connectivity index (χ3v) is 8.41. The molecular weight excluding hydrogens is 698 g/mol. The molecule has 3 aromatic rings. The summed E-state index contributed by atoms with van der Waals surface area (Å²) in [5.41, 5.74) is 4.81. The molecule has 15 nitrogen and oxygen atoms in total. The van der Waals surface area contributed by atoms with Gasteiger partial charge >= 0.3 is 18.0 Å². The molecule has 0 heterocycles. The summed E-state index contributed by atoms with van der Waals surface area (Å²) in [5, 5.41) is 21.3. The van der Waals surface area contributed by atoms with Gasteiger partial charge in [0, 0.05) is 18.8 Å². The van der Waals surface area contributed by atoms with E-state index in [0.29, 0.717) is 0 Å². The molecule has 0 saturated carbocycles. The third-order valence-electron chi connectivity index (χ3n) is 8.41.